The van der Waals surface area contributed by atoms with Gasteiger partial charge in [0.15, 0.2) is 0 Å². The Morgan fingerprint density at radius 1 is 0.962 bits per heavy atom. The van der Waals surface area contributed by atoms with Crippen LogP contribution in [0.5, 0.6) is 0 Å². The number of nitrogens with zero attached hydrogens (tertiary/aromatic N) is 2. The molecule has 0 spiro atoms. The molecule has 0 radical (unpaired) electrons. The first-order valence-corrected chi connectivity index (χ1v) is 9.10. The normalized spacial score (nSPS) is 22.3. The summed E-state index contributed by atoms with van der Waals surface area (Å²) >= 11 is 0. The molecule has 4 rings (SSSR count). The average molecular weight is 349 g/mol. The van der Waals surface area contributed by atoms with Crippen molar-refractivity contribution in [1.82, 2.24) is 9.80 Å². The van der Waals surface area contributed by atoms with Crippen molar-refractivity contribution in [3.63, 3.8) is 0 Å². The highest BCUT2D eigenvalue weighted by Crippen LogP contribution is 2.31. The van der Waals surface area contributed by atoms with E-state index in [1.807, 2.05) is 54.4 Å². The molecule has 0 saturated carbocycles. The smallest absolute Gasteiger partial charge is 0.322 e. The number of likely N-dealkylation sites (tertiary alicyclic amines) is 1. The third kappa shape index (κ3) is 3.17. The topological polar surface area (TPSA) is 52.7 Å². The lowest BCUT2D eigenvalue weighted by atomic mass is 10.1. The number of rotatable bonds is 2. The lowest BCUT2D eigenvalue weighted by Gasteiger charge is -2.28. The fourth-order valence-electron chi connectivity index (χ4n) is 4.01. The highest BCUT2D eigenvalue weighted by molar-refractivity contribution is 5.91. The van der Waals surface area contributed by atoms with Crippen LogP contribution in [0.4, 0.5) is 10.5 Å². The summed E-state index contributed by atoms with van der Waals surface area (Å²) in [5.41, 5.74) is 3.04. The van der Waals surface area contributed by atoms with Gasteiger partial charge in [-0.3, -0.25) is 4.79 Å². The summed E-state index contributed by atoms with van der Waals surface area (Å²) in [6, 6.07) is 18.1. The van der Waals surface area contributed by atoms with Crippen LogP contribution in [0.15, 0.2) is 54.6 Å². The third-order valence-corrected chi connectivity index (χ3v) is 5.42. The van der Waals surface area contributed by atoms with Crippen molar-refractivity contribution < 1.29 is 9.59 Å². The number of likely N-dealkylation sites (N-methyl/N-ethyl adjacent to an activating group) is 1. The largest absolute Gasteiger partial charge is 0.344 e. The second kappa shape index (κ2) is 6.83. The molecular formula is C21H23N3O2. The molecule has 2 aromatic carbocycles. The van der Waals surface area contributed by atoms with Gasteiger partial charge in [-0.15, -0.1) is 0 Å². The van der Waals surface area contributed by atoms with E-state index in [0.29, 0.717) is 13.0 Å². The number of urea groups is 1. The van der Waals surface area contributed by atoms with Crippen LogP contribution in [0.1, 0.15) is 19.3 Å². The van der Waals surface area contributed by atoms with E-state index in [0.717, 1.165) is 29.7 Å². The Labute approximate surface area is 153 Å². The molecule has 5 heteroatoms. The van der Waals surface area contributed by atoms with Crippen LogP contribution in [0.3, 0.4) is 0 Å². The molecule has 2 aliphatic heterocycles. The lowest BCUT2D eigenvalue weighted by molar-refractivity contribution is -0.130. The van der Waals surface area contributed by atoms with Gasteiger partial charge in [-0.25, -0.2) is 4.79 Å². The minimum absolute atomic E-state index is 0.0149. The van der Waals surface area contributed by atoms with E-state index in [1.165, 1.54) is 0 Å². The van der Waals surface area contributed by atoms with Gasteiger partial charge in [0.05, 0.1) is 6.04 Å². The zero-order valence-electron chi connectivity index (χ0n) is 14.9. The van der Waals surface area contributed by atoms with Gasteiger partial charge in [0.25, 0.3) is 0 Å². The maximum Gasteiger partial charge on any atom is 0.322 e. The van der Waals surface area contributed by atoms with E-state index < -0.39 is 0 Å². The first-order chi connectivity index (χ1) is 12.6. The van der Waals surface area contributed by atoms with E-state index in [-0.39, 0.29) is 24.0 Å². The van der Waals surface area contributed by atoms with Gasteiger partial charge in [-0.1, -0.05) is 42.5 Å². The SMILES string of the molecule is CN1C[C@@H]2CC[C@H](CC1=O)N2C(=O)Nc1ccc(-c2ccccc2)cc1. The number of nitrogens with one attached hydrogen (secondary N) is 1. The Bertz CT molecular complexity index is 804. The van der Waals surface area contributed by atoms with E-state index in [2.05, 4.69) is 17.4 Å². The standard InChI is InChI=1S/C21H23N3O2/c1-23-14-19-12-11-18(13-20(23)25)24(19)21(26)22-17-9-7-16(8-10-17)15-5-3-2-4-6-15/h2-10,18-19H,11-14H2,1H3,(H,22,26)/t18-,19+/m1/s1. The molecule has 0 unspecified atom stereocenters. The van der Waals surface area contributed by atoms with Crippen LogP contribution in [-0.4, -0.2) is 47.4 Å². The van der Waals surface area contributed by atoms with Gasteiger partial charge in [0, 0.05) is 31.7 Å². The summed E-state index contributed by atoms with van der Waals surface area (Å²) in [6.07, 6.45) is 2.29. The zero-order valence-corrected chi connectivity index (χ0v) is 14.9. The van der Waals surface area contributed by atoms with E-state index in [9.17, 15) is 9.59 Å². The fourth-order valence-corrected chi connectivity index (χ4v) is 4.01. The van der Waals surface area contributed by atoms with Crippen LogP contribution in [0, 0.1) is 0 Å². The molecule has 0 aromatic heterocycles. The zero-order chi connectivity index (χ0) is 18.1. The fraction of sp³-hybridized carbons (Fsp3) is 0.333. The van der Waals surface area contributed by atoms with E-state index >= 15 is 0 Å². The maximum absolute atomic E-state index is 12.8. The molecule has 2 saturated heterocycles. The second-order valence-electron chi connectivity index (χ2n) is 7.14. The molecule has 2 atom stereocenters. The Hall–Kier alpha value is -2.82. The molecule has 5 nitrogen and oxygen atoms in total. The minimum atomic E-state index is -0.104. The molecule has 26 heavy (non-hydrogen) atoms. The summed E-state index contributed by atoms with van der Waals surface area (Å²) in [6.45, 7) is 0.621. The molecule has 2 aliphatic rings. The first kappa shape index (κ1) is 16.6. The summed E-state index contributed by atoms with van der Waals surface area (Å²) in [5.74, 6) is 0.127. The molecule has 2 aromatic rings. The molecule has 134 valence electrons. The van der Waals surface area contributed by atoms with E-state index in [1.54, 1.807) is 4.90 Å². The highest BCUT2D eigenvalue weighted by Gasteiger charge is 2.41. The predicted octanol–water partition coefficient (Wildman–Crippen LogP) is 3.58. The van der Waals surface area contributed by atoms with Crippen molar-refractivity contribution in [3.05, 3.63) is 54.6 Å². The molecule has 3 amide bonds. The van der Waals surface area contributed by atoms with Crippen molar-refractivity contribution in [1.29, 1.82) is 0 Å². The summed E-state index contributed by atoms with van der Waals surface area (Å²) in [7, 11) is 1.82. The molecule has 2 bridgehead atoms. The third-order valence-electron chi connectivity index (χ3n) is 5.42. The molecular weight excluding hydrogens is 326 g/mol. The average Bonchev–Trinajstić information content (AvgIpc) is 2.99. The van der Waals surface area contributed by atoms with Gasteiger partial charge in [0.1, 0.15) is 0 Å². The number of carbonyl (C=O) groups excluding carboxylic acids is 2. The van der Waals surface area contributed by atoms with Crippen molar-refractivity contribution in [2.45, 2.75) is 31.3 Å². The van der Waals surface area contributed by atoms with Crippen LogP contribution in [-0.2, 0) is 4.79 Å². The predicted molar refractivity (Wildman–Crippen MR) is 102 cm³/mol. The maximum atomic E-state index is 12.8. The number of fused-ring (bicyclic) bond motifs is 2. The van der Waals surface area contributed by atoms with Gasteiger partial charge in [-0.05, 0) is 36.1 Å². The van der Waals surface area contributed by atoms with Gasteiger partial charge in [-0.2, -0.15) is 0 Å². The van der Waals surface area contributed by atoms with Crippen LogP contribution >= 0.6 is 0 Å². The first-order valence-electron chi connectivity index (χ1n) is 9.10. The minimum Gasteiger partial charge on any atom is -0.344 e. The summed E-state index contributed by atoms with van der Waals surface area (Å²) < 4.78 is 0. The van der Waals surface area contributed by atoms with E-state index in [4.69, 9.17) is 0 Å². The number of carbonyl (C=O) groups is 2. The number of anilines is 1. The lowest BCUT2D eigenvalue weighted by Crippen LogP contribution is -2.45. The Balaban J connectivity index is 1.47. The van der Waals surface area contributed by atoms with Crippen molar-refractivity contribution in [2.24, 2.45) is 0 Å². The second-order valence-corrected chi connectivity index (χ2v) is 7.14. The van der Waals surface area contributed by atoms with Gasteiger partial charge < -0.3 is 15.1 Å². The molecule has 1 N–H and O–H groups in total. The molecule has 2 fully saturated rings. The number of amides is 3. The van der Waals surface area contributed by atoms with Gasteiger partial charge >= 0.3 is 6.03 Å². The number of benzene rings is 2. The molecule has 0 aliphatic carbocycles. The van der Waals surface area contributed by atoms with Gasteiger partial charge in [0.2, 0.25) is 5.91 Å². The Kier molecular flexibility index (Phi) is 4.37. The van der Waals surface area contributed by atoms with Crippen molar-refractivity contribution in [2.75, 3.05) is 18.9 Å². The quantitative estimate of drug-likeness (QED) is 0.901. The molecule has 2 heterocycles. The van der Waals surface area contributed by atoms with Crippen LogP contribution < -0.4 is 5.32 Å². The highest BCUT2D eigenvalue weighted by atomic mass is 16.2. The monoisotopic (exact) mass is 349 g/mol. The van der Waals surface area contributed by atoms with Crippen LogP contribution in [0.25, 0.3) is 11.1 Å². The summed E-state index contributed by atoms with van der Waals surface area (Å²) in [4.78, 5) is 28.5. The van der Waals surface area contributed by atoms with Crippen LogP contribution in [0.2, 0.25) is 0 Å². The van der Waals surface area contributed by atoms with Crippen molar-refractivity contribution >= 4 is 17.6 Å². The Morgan fingerprint density at radius 3 is 2.35 bits per heavy atom. The summed E-state index contributed by atoms with van der Waals surface area (Å²) in [5, 5.41) is 3.01. The Morgan fingerprint density at radius 2 is 1.62 bits per heavy atom. The number of hydrogen-bond acceptors (Lipinski definition) is 2. The van der Waals surface area contributed by atoms with Crippen molar-refractivity contribution in [3.8, 4) is 11.1 Å². The number of hydrogen-bond donors (Lipinski definition) is 1.